The molecule has 0 aliphatic carbocycles. The normalized spacial score (nSPS) is 16.1. The van der Waals surface area contributed by atoms with E-state index in [-0.39, 0.29) is 12.0 Å². The second kappa shape index (κ2) is 7.60. The Balaban J connectivity index is 1.88. The number of ether oxygens (including phenoxy) is 2. The molecule has 0 aromatic heterocycles. The van der Waals surface area contributed by atoms with Gasteiger partial charge in [-0.2, -0.15) is 0 Å². The Kier molecular flexibility index (Phi) is 5.27. The number of aryl methyl sites for hydroxylation is 2. The third-order valence-electron chi connectivity index (χ3n) is 4.48. The first-order chi connectivity index (χ1) is 12.1. The van der Waals surface area contributed by atoms with Crippen molar-refractivity contribution < 1.29 is 14.3 Å². The quantitative estimate of drug-likeness (QED) is 0.771. The molecule has 1 unspecified atom stereocenters. The predicted octanol–water partition coefficient (Wildman–Crippen LogP) is 4.02. The maximum atomic E-state index is 12.0. The SMILES string of the molecule is CCOC(=O)CC1COc2cc(C)ccc2N1Cc1ccc(C)cc1. The standard InChI is InChI=1S/C21H25NO3/c1-4-24-21(23)12-18-14-25-20-11-16(3)7-10-19(20)22(18)13-17-8-5-15(2)6-9-17/h5-11,18H,4,12-14H2,1-3H3. The van der Waals surface area contributed by atoms with Crippen molar-refractivity contribution in [3.8, 4) is 5.75 Å². The molecule has 0 spiro atoms. The zero-order valence-corrected chi connectivity index (χ0v) is 15.1. The Morgan fingerprint density at radius 3 is 2.60 bits per heavy atom. The highest BCUT2D eigenvalue weighted by atomic mass is 16.5. The van der Waals surface area contributed by atoms with Crippen molar-refractivity contribution in [2.75, 3.05) is 18.1 Å². The van der Waals surface area contributed by atoms with Crippen LogP contribution in [0.25, 0.3) is 0 Å². The fourth-order valence-electron chi connectivity index (χ4n) is 3.13. The molecule has 1 aliphatic rings. The molecule has 2 aromatic carbocycles. The van der Waals surface area contributed by atoms with Gasteiger partial charge < -0.3 is 14.4 Å². The van der Waals surface area contributed by atoms with Crippen LogP contribution in [0.15, 0.2) is 42.5 Å². The van der Waals surface area contributed by atoms with E-state index in [1.807, 2.05) is 6.92 Å². The van der Waals surface area contributed by atoms with Gasteiger partial charge in [0.05, 0.1) is 24.8 Å². The molecule has 132 valence electrons. The van der Waals surface area contributed by atoms with Crippen LogP contribution in [0, 0.1) is 13.8 Å². The van der Waals surface area contributed by atoms with Crippen molar-refractivity contribution in [3.05, 3.63) is 59.2 Å². The minimum absolute atomic E-state index is 0.0319. The zero-order valence-electron chi connectivity index (χ0n) is 15.1. The van der Waals surface area contributed by atoms with Gasteiger partial charge in [-0.3, -0.25) is 4.79 Å². The molecule has 0 radical (unpaired) electrons. The Hall–Kier alpha value is -2.49. The largest absolute Gasteiger partial charge is 0.489 e. The average Bonchev–Trinajstić information content (AvgIpc) is 2.59. The number of carbonyl (C=O) groups excluding carboxylic acids is 1. The smallest absolute Gasteiger partial charge is 0.307 e. The first-order valence-electron chi connectivity index (χ1n) is 8.78. The molecule has 4 heteroatoms. The Morgan fingerprint density at radius 1 is 1.16 bits per heavy atom. The first kappa shape index (κ1) is 17.3. The molecular formula is C21H25NO3. The van der Waals surface area contributed by atoms with Gasteiger partial charge in [-0.05, 0) is 44.0 Å². The van der Waals surface area contributed by atoms with Crippen molar-refractivity contribution in [3.63, 3.8) is 0 Å². The maximum absolute atomic E-state index is 12.0. The first-order valence-corrected chi connectivity index (χ1v) is 8.78. The van der Waals surface area contributed by atoms with Gasteiger partial charge in [0.15, 0.2) is 0 Å². The van der Waals surface area contributed by atoms with Crippen molar-refractivity contribution in [2.45, 2.75) is 39.8 Å². The highest BCUT2D eigenvalue weighted by Gasteiger charge is 2.30. The van der Waals surface area contributed by atoms with Crippen LogP contribution in [-0.2, 0) is 16.1 Å². The number of hydrogen-bond acceptors (Lipinski definition) is 4. The van der Waals surface area contributed by atoms with Crippen LogP contribution in [0.1, 0.15) is 30.0 Å². The molecule has 0 fully saturated rings. The molecule has 0 amide bonds. The molecule has 1 heterocycles. The van der Waals surface area contributed by atoms with Crippen LogP contribution in [0.2, 0.25) is 0 Å². The highest BCUT2D eigenvalue weighted by Crippen LogP contribution is 2.36. The second-order valence-corrected chi connectivity index (χ2v) is 6.56. The molecule has 4 nitrogen and oxygen atoms in total. The van der Waals surface area contributed by atoms with E-state index < -0.39 is 0 Å². The van der Waals surface area contributed by atoms with E-state index in [4.69, 9.17) is 9.47 Å². The van der Waals surface area contributed by atoms with E-state index in [9.17, 15) is 4.79 Å². The predicted molar refractivity (Wildman–Crippen MR) is 99.1 cm³/mol. The summed E-state index contributed by atoms with van der Waals surface area (Å²) in [5.41, 5.74) is 4.65. The lowest BCUT2D eigenvalue weighted by Crippen LogP contribution is -2.44. The topological polar surface area (TPSA) is 38.8 Å². The third-order valence-corrected chi connectivity index (χ3v) is 4.48. The van der Waals surface area contributed by atoms with E-state index in [1.165, 1.54) is 11.1 Å². The molecule has 3 rings (SSSR count). The minimum Gasteiger partial charge on any atom is -0.489 e. The summed E-state index contributed by atoms with van der Waals surface area (Å²) < 4.78 is 11.1. The molecule has 0 saturated carbocycles. The third kappa shape index (κ3) is 4.13. The zero-order chi connectivity index (χ0) is 17.8. The monoisotopic (exact) mass is 339 g/mol. The van der Waals surface area contributed by atoms with Crippen molar-refractivity contribution in [1.29, 1.82) is 0 Å². The van der Waals surface area contributed by atoms with Gasteiger partial charge in [0, 0.05) is 6.54 Å². The lowest BCUT2D eigenvalue weighted by atomic mass is 10.0. The number of benzene rings is 2. The number of hydrogen-bond donors (Lipinski definition) is 0. The summed E-state index contributed by atoms with van der Waals surface area (Å²) in [6.45, 7) is 7.60. The fourth-order valence-corrected chi connectivity index (χ4v) is 3.13. The lowest BCUT2D eigenvalue weighted by molar-refractivity contribution is -0.143. The van der Waals surface area contributed by atoms with Gasteiger partial charge in [-0.1, -0.05) is 35.9 Å². The summed E-state index contributed by atoms with van der Waals surface area (Å²) in [6.07, 6.45) is 0.326. The van der Waals surface area contributed by atoms with Crippen LogP contribution < -0.4 is 9.64 Å². The van der Waals surface area contributed by atoms with Crippen molar-refractivity contribution in [1.82, 2.24) is 0 Å². The lowest BCUT2D eigenvalue weighted by Gasteiger charge is -2.38. The minimum atomic E-state index is -0.180. The molecule has 2 aromatic rings. The molecule has 1 atom stereocenters. The number of rotatable bonds is 5. The summed E-state index contributed by atoms with van der Waals surface area (Å²) in [5.74, 6) is 0.702. The molecule has 25 heavy (non-hydrogen) atoms. The summed E-state index contributed by atoms with van der Waals surface area (Å²) >= 11 is 0. The van der Waals surface area contributed by atoms with Gasteiger partial charge in [0.1, 0.15) is 12.4 Å². The molecular weight excluding hydrogens is 314 g/mol. The summed E-state index contributed by atoms with van der Waals surface area (Å²) in [5, 5.41) is 0. The van der Waals surface area contributed by atoms with Gasteiger partial charge in [0.2, 0.25) is 0 Å². The number of anilines is 1. The maximum Gasteiger partial charge on any atom is 0.307 e. The average molecular weight is 339 g/mol. The summed E-state index contributed by atoms with van der Waals surface area (Å²) in [7, 11) is 0. The van der Waals surface area contributed by atoms with Gasteiger partial charge in [-0.25, -0.2) is 0 Å². The Labute approximate surface area is 149 Å². The van der Waals surface area contributed by atoms with E-state index in [0.717, 1.165) is 23.5 Å². The van der Waals surface area contributed by atoms with E-state index in [2.05, 4.69) is 61.2 Å². The van der Waals surface area contributed by atoms with E-state index >= 15 is 0 Å². The van der Waals surface area contributed by atoms with Gasteiger partial charge in [0.25, 0.3) is 0 Å². The van der Waals surface area contributed by atoms with Crippen molar-refractivity contribution in [2.24, 2.45) is 0 Å². The van der Waals surface area contributed by atoms with Crippen LogP contribution in [0.5, 0.6) is 5.75 Å². The molecule has 0 saturated heterocycles. The molecule has 1 aliphatic heterocycles. The fraction of sp³-hybridized carbons (Fsp3) is 0.381. The number of nitrogens with zero attached hydrogens (tertiary/aromatic N) is 1. The summed E-state index contributed by atoms with van der Waals surface area (Å²) in [6, 6.07) is 14.7. The van der Waals surface area contributed by atoms with Gasteiger partial charge in [-0.15, -0.1) is 0 Å². The second-order valence-electron chi connectivity index (χ2n) is 6.56. The Morgan fingerprint density at radius 2 is 1.88 bits per heavy atom. The molecule has 0 bridgehead atoms. The van der Waals surface area contributed by atoms with Crippen LogP contribution in [-0.4, -0.2) is 25.2 Å². The molecule has 0 N–H and O–H groups in total. The van der Waals surface area contributed by atoms with Crippen LogP contribution >= 0.6 is 0 Å². The van der Waals surface area contributed by atoms with E-state index in [0.29, 0.717) is 19.6 Å². The summed E-state index contributed by atoms with van der Waals surface area (Å²) in [4.78, 5) is 14.3. The number of fused-ring (bicyclic) bond motifs is 1. The van der Waals surface area contributed by atoms with Gasteiger partial charge >= 0.3 is 5.97 Å². The van der Waals surface area contributed by atoms with Crippen molar-refractivity contribution >= 4 is 11.7 Å². The number of esters is 1. The number of carbonyl (C=O) groups is 1. The van der Waals surface area contributed by atoms with Crippen LogP contribution in [0.3, 0.4) is 0 Å². The van der Waals surface area contributed by atoms with Crippen LogP contribution in [0.4, 0.5) is 5.69 Å². The Bertz CT molecular complexity index is 739. The highest BCUT2D eigenvalue weighted by molar-refractivity contribution is 5.72. The van der Waals surface area contributed by atoms with E-state index in [1.54, 1.807) is 0 Å².